The summed E-state index contributed by atoms with van der Waals surface area (Å²) >= 11 is 0. The third kappa shape index (κ3) is 4.29. The Hall–Kier alpha value is -1.59. The van der Waals surface area contributed by atoms with Crippen molar-refractivity contribution in [2.45, 2.75) is 26.8 Å². The van der Waals surface area contributed by atoms with E-state index in [0.717, 1.165) is 12.1 Å². The lowest BCUT2D eigenvalue weighted by Crippen LogP contribution is -2.24. The van der Waals surface area contributed by atoms with Crippen LogP contribution in [-0.4, -0.2) is 12.6 Å². The highest BCUT2D eigenvalue weighted by Gasteiger charge is 1.95. The van der Waals surface area contributed by atoms with Gasteiger partial charge in [-0.05, 0) is 24.6 Å². The van der Waals surface area contributed by atoms with Crippen molar-refractivity contribution in [2.75, 3.05) is 6.54 Å². The lowest BCUT2D eigenvalue weighted by atomic mass is 10.1. The highest BCUT2D eigenvalue weighted by molar-refractivity contribution is 5.55. The fraction of sp³-hybridized carbons (Fsp3) is 0.357. The highest BCUT2D eigenvalue weighted by atomic mass is 14.9. The van der Waals surface area contributed by atoms with Crippen molar-refractivity contribution < 1.29 is 0 Å². The Balaban J connectivity index is 2.70. The maximum atomic E-state index is 8.79. The average Bonchev–Trinajstić information content (AvgIpc) is 2.26. The van der Waals surface area contributed by atoms with E-state index < -0.39 is 0 Å². The molecule has 0 heterocycles. The smallest absolute Gasteiger partial charge is 0.0991 e. The normalized spacial score (nSPS) is 11.6. The standard InChI is InChI=1S/C14H18N2/c1-11(2)16-10-12(3)7-13-5-4-6-14(8-13)9-15/h4-8,11,16H,10H2,1-3H3. The molecule has 0 radical (unpaired) electrons. The van der Waals surface area contributed by atoms with Crippen LogP contribution in [0.1, 0.15) is 31.9 Å². The van der Waals surface area contributed by atoms with Gasteiger partial charge in [0.1, 0.15) is 0 Å². The predicted molar refractivity (Wildman–Crippen MR) is 67.9 cm³/mol. The molecule has 1 aromatic carbocycles. The maximum absolute atomic E-state index is 8.79. The summed E-state index contributed by atoms with van der Waals surface area (Å²) in [5.41, 5.74) is 3.06. The first-order valence-electron chi connectivity index (χ1n) is 5.52. The molecule has 0 aliphatic rings. The lowest BCUT2D eigenvalue weighted by molar-refractivity contribution is 0.623. The molecule has 0 aromatic heterocycles. The molecule has 0 spiro atoms. The zero-order valence-electron chi connectivity index (χ0n) is 10.1. The van der Waals surface area contributed by atoms with E-state index in [0.29, 0.717) is 11.6 Å². The molecule has 0 saturated heterocycles. The number of hydrogen-bond donors (Lipinski definition) is 1. The molecule has 1 N–H and O–H groups in total. The van der Waals surface area contributed by atoms with Crippen molar-refractivity contribution in [3.63, 3.8) is 0 Å². The van der Waals surface area contributed by atoms with Crippen LogP contribution in [0.15, 0.2) is 29.8 Å². The van der Waals surface area contributed by atoms with Gasteiger partial charge in [-0.25, -0.2) is 0 Å². The highest BCUT2D eigenvalue weighted by Crippen LogP contribution is 2.08. The number of nitriles is 1. The van der Waals surface area contributed by atoms with Crippen LogP contribution in [0.2, 0.25) is 0 Å². The minimum atomic E-state index is 0.494. The van der Waals surface area contributed by atoms with Gasteiger partial charge in [0.25, 0.3) is 0 Å². The minimum Gasteiger partial charge on any atom is -0.311 e. The van der Waals surface area contributed by atoms with E-state index >= 15 is 0 Å². The van der Waals surface area contributed by atoms with E-state index in [9.17, 15) is 0 Å². The van der Waals surface area contributed by atoms with E-state index in [1.54, 1.807) is 0 Å². The topological polar surface area (TPSA) is 35.8 Å². The van der Waals surface area contributed by atoms with Crippen LogP contribution in [0.25, 0.3) is 6.08 Å². The molecule has 0 saturated carbocycles. The number of rotatable bonds is 4. The Morgan fingerprint density at radius 1 is 1.50 bits per heavy atom. The van der Waals surface area contributed by atoms with Gasteiger partial charge < -0.3 is 5.32 Å². The van der Waals surface area contributed by atoms with Crippen LogP contribution < -0.4 is 5.32 Å². The molecular formula is C14H18N2. The van der Waals surface area contributed by atoms with Gasteiger partial charge in [-0.2, -0.15) is 5.26 Å². The van der Waals surface area contributed by atoms with Crippen molar-refractivity contribution in [1.82, 2.24) is 5.32 Å². The van der Waals surface area contributed by atoms with Gasteiger partial charge in [0.05, 0.1) is 11.6 Å². The second-order valence-corrected chi connectivity index (χ2v) is 4.26. The quantitative estimate of drug-likeness (QED) is 0.836. The van der Waals surface area contributed by atoms with Crippen LogP contribution in [0, 0.1) is 11.3 Å². The van der Waals surface area contributed by atoms with Crippen LogP contribution in [0.3, 0.4) is 0 Å². The van der Waals surface area contributed by atoms with Crippen LogP contribution in [-0.2, 0) is 0 Å². The molecule has 2 nitrogen and oxygen atoms in total. The van der Waals surface area contributed by atoms with Gasteiger partial charge in [0.2, 0.25) is 0 Å². The zero-order valence-corrected chi connectivity index (χ0v) is 10.1. The molecule has 0 fully saturated rings. The summed E-state index contributed by atoms with van der Waals surface area (Å²) < 4.78 is 0. The summed E-state index contributed by atoms with van der Waals surface area (Å²) in [4.78, 5) is 0. The zero-order chi connectivity index (χ0) is 12.0. The largest absolute Gasteiger partial charge is 0.311 e. The Morgan fingerprint density at radius 2 is 2.25 bits per heavy atom. The predicted octanol–water partition coefficient (Wildman–Crippen LogP) is 2.96. The molecule has 0 unspecified atom stereocenters. The van der Waals surface area contributed by atoms with Gasteiger partial charge >= 0.3 is 0 Å². The molecule has 0 bridgehead atoms. The minimum absolute atomic E-state index is 0.494. The van der Waals surface area contributed by atoms with Gasteiger partial charge in [-0.15, -0.1) is 0 Å². The average molecular weight is 214 g/mol. The summed E-state index contributed by atoms with van der Waals surface area (Å²) in [5.74, 6) is 0. The summed E-state index contributed by atoms with van der Waals surface area (Å²) in [6, 6.07) is 10.3. The van der Waals surface area contributed by atoms with E-state index in [4.69, 9.17) is 5.26 Å². The van der Waals surface area contributed by atoms with Crippen molar-refractivity contribution >= 4 is 6.08 Å². The van der Waals surface area contributed by atoms with Gasteiger partial charge in [-0.3, -0.25) is 0 Å². The third-order valence-corrected chi connectivity index (χ3v) is 2.22. The van der Waals surface area contributed by atoms with Gasteiger partial charge in [0.15, 0.2) is 0 Å². The fourth-order valence-electron chi connectivity index (χ4n) is 1.40. The first-order chi connectivity index (χ1) is 7.61. The van der Waals surface area contributed by atoms with Crippen molar-refractivity contribution in [2.24, 2.45) is 0 Å². The Kier molecular flexibility index (Phi) is 4.75. The first-order valence-corrected chi connectivity index (χ1v) is 5.52. The summed E-state index contributed by atoms with van der Waals surface area (Å²) in [6.07, 6.45) is 2.11. The lowest BCUT2D eigenvalue weighted by Gasteiger charge is -2.08. The molecule has 84 valence electrons. The molecular weight excluding hydrogens is 196 g/mol. The molecule has 16 heavy (non-hydrogen) atoms. The van der Waals surface area contributed by atoms with E-state index in [1.165, 1.54) is 5.57 Å². The molecule has 0 aliphatic heterocycles. The summed E-state index contributed by atoms with van der Waals surface area (Å²) in [6.45, 7) is 7.23. The van der Waals surface area contributed by atoms with Gasteiger partial charge in [0, 0.05) is 12.6 Å². The van der Waals surface area contributed by atoms with Crippen molar-refractivity contribution in [1.29, 1.82) is 5.26 Å². The fourth-order valence-corrected chi connectivity index (χ4v) is 1.40. The molecule has 0 amide bonds. The van der Waals surface area contributed by atoms with E-state index in [-0.39, 0.29) is 0 Å². The second kappa shape index (κ2) is 6.09. The maximum Gasteiger partial charge on any atom is 0.0991 e. The Morgan fingerprint density at radius 3 is 2.88 bits per heavy atom. The Labute approximate surface area is 97.6 Å². The number of nitrogens with zero attached hydrogens (tertiary/aromatic N) is 1. The van der Waals surface area contributed by atoms with Crippen molar-refractivity contribution in [3.05, 3.63) is 41.0 Å². The SMILES string of the molecule is CC(=Cc1cccc(C#N)c1)CNC(C)C. The van der Waals surface area contributed by atoms with Crippen molar-refractivity contribution in [3.8, 4) is 6.07 Å². The molecule has 0 aliphatic carbocycles. The van der Waals surface area contributed by atoms with E-state index in [2.05, 4.69) is 38.2 Å². The second-order valence-electron chi connectivity index (χ2n) is 4.26. The molecule has 2 heteroatoms. The van der Waals surface area contributed by atoms with E-state index in [1.807, 2.05) is 24.3 Å². The molecule has 1 rings (SSSR count). The van der Waals surface area contributed by atoms with Crippen LogP contribution in [0.5, 0.6) is 0 Å². The van der Waals surface area contributed by atoms with Crippen LogP contribution >= 0.6 is 0 Å². The number of hydrogen-bond acceptors (Lipinski definition) is 2. The molecule has 1 aromatic rings. The summed E-state index contributed by atoms with van der Waals surface area (Å²) in [5, 5.41) is 12.2. The summed E-state index contributed by atoms with van der Waals surface area (Å²) in [7, 11) is 0. The van der Waals surface area contributed by atoms with Crippen LogP contribution in [0.4, 0.5) is 0 Å². The first kappa shape index (κ1) is 12.5. The number of nitrogens with one attached hydrogen (secondary N) is 1. The monoisotopic (exact) mass is 214 g/mol. The Bertz CT molecular complexity index is 411. The molecule has 0 atom stereocenters. The number of benzene rings is 1. The third-order valence-electron chi connectivity index (χ3n) is 2.22. The van der Waals surface area contributed by atoms with Gasteiger partial charge in [-0.1, -0.05) is 37.6 Å².